The lowest BCUT2D eigenvalue weighted by Crippen LogP contribution is -2.32. The highest BCUT2D eigenvalue weighted by Gasteiger charge is 2.15. The van der Waals surface area contributed by atoms with Crippen LogP contribution >= 0.6 is 0 Å². The minimum atomic E-state index is -0.228. The van der Waals surface area contributed by atoms with Crippen LogP contribution in [0.2, 0.25) is 0 Å². The zero-order valence-electron chi connectivity index (χ0n) is 17.8. The first-order valence-electron chi connectivity index (χ1n) is 10.2. The quantitative estimate of drug-likeness (QED) is 0.560. The number of nitrogens with zero attached hydrogens (tertiary/aromatic N) is 1. The second-order valence-electron chi connectivity index (χ2n) is 6.93. The van der Waals surface area contributed by atoms with Gasteiger partial charge in [0.25, 0.3) is 11.8 Å². The van der Waals surface area contributed by atoms with Crippen molar-refractivity contribution >= 4 is 29.1 Å². The highest BCUT2D eigenvalue weighted by molar-refractivity contribution is 5.98. The number of benzene rings is 2. The Bertz CT molecular complexity index is 859. The molecule has 7 heteroatoms. The molecule has 2 aromatic rings. The third kappa shape index (κ3) is 6.62. The summed E-state index contributed by atoms with van der Waals surface area (Å²) >= 11 is 0. The number of carbonyl (C=O) groups is 3. The molecule has 0 fully saturated rings. The molecule has 0 saturated carbocycles. The maximum Gasteiger partial charge on any atom is 0.253 e. The summed E-state index contributed by atoms with van der Waals surface area (Å²) in [4.78, 5) is 38.4. The van der Waals surface area contributed by atoms with Gasteiger partial charge >= 0.3 is 0 Å². The Morgan fingerprint density at radius 3 is 2.13 bits per heavy atom. The predicted octanol–water partition coefficient (Wildman–Crippen LogP) is 3.36. The van der Waals surface area contributed by atoms with Crippen molar-refractivity contribution < 1.29 is 14.4 Å². The summed E-state index contributed by atoms with van der Waals surface area (Å²) in [6.07, 6.45) is 1.80. The van der Waals surface area contributed by atoms with E-state index < -0.39 is 0 Å². The van der Waals surface area contributed by atoms with E-state index in [-0.39, 0.29) is 24.3 Å². The summed E-state index contributed by atoms with van der Waals surface area (Å²) in [6, 6.07) is 13.9. The standard InChI is InChI=1S/C23H30N4O3/c1-4-13-27(14-5-2)23(30)18-7-6-8-20(15-18)26-21(28)16-25-19-11-9-17(10-12-19)22(29)24-3/h6-12,15,25H,4-5,13-14,16H2,1-3H3,(H,24,29)(H,26,28). The molecule has 0 heterocycles. The average Bonchev–Trinajstić information content (AvgIpc) is 2.77. The van der Waals surface area contributed by atoms with E-state index in [1.165, 1.54) is 0 Å². The highest BCUT2D eigenvalue weighted by Crippen LogP contribution is 2.14. The molecule has 7 nitrogen and oxygen atoms in total. The molecule has 0 unspecified atom stereocenters. The predicted molar refractivity (Wildman–Crippen MR) is 120 cm³/mol. The Morgan fingerprint density at radius 1 is 0.867 bits per heavy atom. The van der Waals surface area contributed by atoms with E-state index in [1.807, 2.05) is 18.7 Å². The van der Waals surface area contributed by atoms with Gasteiger partial charge < -0.3 is 20.9 Å². The summed E-state index contributed by atoms with van der Waals surface area (Å²) in [5.74, 6) is -0.414. The van der Waals surface area contributed by atoms with E-state index in [0.717, 1.165) is 18.5 Å². The molecule has 0 bridgehead atoms. The lowest BCUT2D eigenvalue weighted by Gasteiger charge is -2.21. The number of hydrogen-bond donors (Lipinski definition) is 3. The zero-order chi connectivity index (χ0) is 21.9. The monoisotopic (exact) mass is 410 g/mol. The Kier molecular flexibility index (Phi) is 8.87. The minimum absolute atomic E-state index is 0.0240. The number of amides is 3. The largest absolute Gasteiger partial charge is 0.376 e. The normalized spacial score (nSPS) is 10.2. The first-order valence-corrected chi connectivity index (χ1v) is 10.2. The molecule has 0 aromatic heterocycles. The van der Waals surface area contributed by atoms with E-state index in [9.17, 15) is 14.4 Å². The van der Waals surface area contributed by atoms with Crippen LogP contribution in [-0.4, -0.2) is 49.3 Å². The van der Waals surface area contributed by atoms with Crippen LogP contribution in [0.25, 0.3) is 0 Å². The van der Waals surface area contributed by atoms with Crippen molar-refractivity contribution in [2.45, 2.75) is 26.7 Å². The van der Waals surface area contributed by atoms with Crippen LogP contribution in [0.4, 0.5) is 11.4 Å². The van der Waals surface area contributed by atoms with Gasteiger partial charge in [-0.1, -0.05) is 19.9 Å². The fourth-order valence-electron chi connectivity index (χ4n) is 3.04. The lowest BCUT2D eigenvalue weighted by molar-refractivity contribution is -0.114. The SMILES string of the molecule is CCCN(CCC)C(=O)c1cccc(NC(=O)CNc2ccc(C(=O)NC)cc2)c1. The van der Waals surface area contributed by atoms with Crippen molar-refractivity contribution in [1.82, 2.24) is 10.2 Å². The van der Waals surface area contributed by atoms with Crippen LogP contribution in [0.15, 0.2) is 48.5 Å². The van der Waals surface area contributed by atoms with Gasteiger partial charge in [0, 0.05) is 42.6 Å². The van der Waals surface area contributed by atoms with Gasteiger partial charge in [-0.15, -0.1) is 0 Å². The van der Waals surface area contributed by atoms with Crippen LogP contribution in [0.5, 0.6) is 0 Å². The van der Waals surface area contributed by atoms with E-state index >= 15 is 0 Å². The van der Waals surface area contributed by atoms with E-state index in [4.69, 9.17) is 0 Å². The van der Waals surface area contributed by atoms with Crippen LogP contribution in [-0.2, 0) is 4.79 Å². The molecule has 0 aliphatic carbocycles. The molecular formula is C23H30N4O3. The molecule has 3 amide bonds. The van der Waals surface area contributed by atoms with E-state index in [1.54, 1.807) is 55.6 Å². The first-order chi connectivity index (χ1) is 14.5. The van der Waals surface area contributed by atoms with Gasteiger partial charge in [-0.2, -0.15) is 0 Å². The molecule has 30 heavy (non-hydrogen) atoms. The maximum absolute atomic E-state index is 12.7. The van der Waals surface area contributed by atoms with Crippen LogP contribution in [0.3, 0.4) is 0 Å². The minimum Gasteiger partial charge on any atom is -0.376 e. The average molecular weight is 411 g/mol. The van der Waals surface area contributed by atoms with Gasteiger partial charge in [0.1, 0.15) is 0 Å². The Morgan fingerprint density at radius 2 is 1.53 bits per heavy atom. The van der Waals surface area contributed by atoms with Gasteiger partial charge in [-0.05, 0) is 55.3 Å². The van der Waals surface area contributed by atoms with Crippen LogP contribution < -0.4 is 16.0 Å². The third-order valence-electron chi connectivity index (χ3n) is 4.49. The lowest BCUT2D eigenvalue weighted by atomic mass is 10.1. The van der Waals surface area contributed by atoms with Gasteiger partial charge in [-0.3, -0.25) is 14.4 Å². The highest BCUT2D eigenvalue weighted by atomic mass is 16.2. The van der Waals surface area contributed by atoms with Crippen LogP contribution in [0.1, 0.15) is 47.4 Å². The fourth-order valence-corrected chi connectivity index (χ4v) is 3.04. The fraction of sp³-hybridized carbons (Fsp3) is 0.348. The molecular weight excluding hydrogens is 380 g/mol. The van der Waals surface area contributed by atoms with Crippen molar-refractivity contribution in [1.29, 1.82) is 0 Å². The Labute approximate surface area is 177 Å². The molecule has 2 rings (SSSR count). The summed E-state index contributed by atoms with van der Waals surface area (Å²) in [5.41, 5.74) is 2.42. The molecule has 0 spiro atoms. The van der Waals surface area contributed by atoms with Gasteiger partial charge in [0.15, 0.2) is 0 Å². The molecule has 160 valence electrons. The Hall–Kier alpha value is -3.35. The van der Waals surface area contributed by atoms with Crippen molar-refractivity contribution in [3.05, 3.63) is 59.7 Å². The first kappa shape index (κ1) is 22.9. The van der Waals surface area contributed by atoms with Crippen LogP contribution in [0, 0.1) is 0 Å². The summed E-state index contributed by atoms with van der Waals surface area (Å²) in [6.45, 7) is 5.59. The number of hydrogen-bond acceptors (Lipinski definition) is 4. The topological polar surface area (TPSA) is 90.5 Å². The second kappa shape index (κ2) is 11.6. The summed E-state index contributed by atoms with van der Waals surface area (Å²) in [5, 5.41) is 8.39. The van der Waals surface area contributed by atoms with Crippen molar-refractivity contribution in [3.8, 4) is 0 Å². The maximum atomic E-state index is 12.7. The van der Waals surface area contributed by atoms with Gasteiger partial charge in [-0.25, -0.2) is 0 Å². The van der Waals surface area contributed by atoms with E-state index in [0.29, 0.717) is 29.9 Å². The number of nitrogens with one attached hydrogen (secondary N) is 3. The molecule has 0 saturated heterocycles. The van der Waals surface area contributed by atoms with E-state index in [2.05, 4.69) is 16.0 Å². The summed E-state index contributed by atoms with van der Waals surface area (Å²) in [7, 11) is 1.58. The van der Waals surface area contributed by atoms with Gasteiger partial charge in [0.05, 0.1) is 6.54 Å². The smallest absolute Gasteiger partial charge is 0.253 e. The molecule has 3 N–H and O–H groups in total. The van der Waals surface area contributed by atoms with Crippen molar-refractivity contribution in [3.63, 3.8) is 0 Å². The number of anilines is 2. The Balaban J connectivity index is 1.94. The van der Waals surface area contributed by atoms with Crippen molar-refractivity contribution in [2.24, 2.45) is 0 Å². The van der Waals surface area contributed by atoms with Gasteiger partial charge in [0.2, 0.25) is 5.91 Å². The number of rotatable bonds is 10. The molecule has 2 aromatic carbocycles. The molecule has 0 aliphatic rings. The third-order valence-corrected chi connectivity index (χ3v) is 4.49. The molecule has 0 atom stereocenters. The van der Waals surface area contributed by atoms with Crippen molar-refractivity contribution in [2.75, 3.05) is 37.3 Å². The molecule has 0 radical (unpaired) electrons. The number of carbonyl (C=O) groups excluding carboxylic acids is 3. The zero-order valence-corrected chi connectivity index (χ0v) is 17.8. The summed E-state index contributed by atoms with van der Waals surface area (Å²) < 4.78 is 0. The second-order valence-corrected chi connectivity index (χ2v) is 6.93. The molecule has 0 aliphatic heterocycles.